The molecule has 138 valence electrons. The Bertz CT molecular complexity index is 599. The van der Waals surface area contributed by atoms with Gasteiger partial charge in [0.25, 0.3) is 0 Å². The van der Waals surface area contributed by atoms with Crippen molar-refractivity contribution in [3.05, 3.63) is 35.4 Å². The van der Waals surface area contributed by atoms with E-state index in [0.29, 0.717) is 24.9 Å². The zero-order valence-electron chi connectivity index (χ0n) is 14.3. The standard InChI is InChI=1S/C19H25F3N2O/c20-19(21,22)16-5-1-3-14(11-16)6-7-15-4-2-10-24(12-15)13-18(25)23-17-8-9-17/h1,3,5,11,15,17H,2,4,6-10,12-13H2,(H,23,25). The number of hydrogen-bond donors (Lipinski definition) is 1. The number of nitrogens with zero attached hydrogens (tertiary/aromatic N) is 1. The molecule has 1 aromatic rings. The van der Waals surface area contributed by atoms with Crippen molar-refractivity contribution in [1.82, 2.24) is 10.2 Å². The molecule has 1 aliphatic carbocycles. The number of aryl methyl sites for hydroxylation is 1. The highest BCUT2D eigenvalue weighted by molar-refractivity contribution is 5.78. The second-order valence-electron chi connectivity index (χ2n) is 7.32. The predicted molar refractivity (Wildman–Crippen MR) is 90.1 cm³/mol. The van der Waals surface area contributed by atoms with Gasteiger partial charge in [-0.1, -0.05) is 18.2 Å². The van der Waals surface area contributed by atoms with E-state index in [9.17, 15) is 18.0 Å². The summed E-state index contributed by atoms with van der Waals surface area (Å²) >= 11 is 0. The van der Waals surface area contributed by atoms with Crippen LogP contribution in [-0.2, 0) is 17.4 Å². The van der Waals surface area contributed by atoms with Crippen molar-refractivity contribution >= 4 is 5.91 Å². The van der Waals surface area contributed by atoms with Gasteiger partial charge in [0.05, 0.1) is 12.1 Å². The van der Waals surface area contributed by atoms with Crippen LogP contribution in [0.15, 0.2) is 24.3 Å². The van der Waals surface area contributed by atoms with Crippen molar-refractivity contribution in [3.8, 4) is 0 Å². The van der Waals surface area contributed by atoms with Crippen LogP contribution in [0.5, 0.6) is 0 Å². The molecular formula is C19H25F3N2O. The first-order valence-electron chi connectivity index (χ1n) is 9.08. The summed E-state index contributed by atoms with van der Waals surface area (Å²) in [7, 11) is 0. The Morgan fingerprint density at radius 1 is 1.24 bits per heavy atom. The Balaban J connectivity index is 1.47. The second-order valence-corrected chi connectivity index (χ2v) is 7.32. The lowest BCUT2D eigenvalue weighted by Gasteiger charge is -2.32. The average Bonchev–Trinajstić information content (AvgIpc) is 3.36. The maximum Gasteiger partial charge on any atom is 0.416 e. The molecule has 1 saturated heterocycles. The van der Waals surface area contributed by atoms with Gasteiger partial charge in [0.1, 0.15) is 0 Å². The van der Waals surface area contributed by atoms with Crippen LogP contribution in [-0.4, -0.2) is 36.5 Å². The molecule has 1 N–H and O–H groups in total. The molecule has 1 atom stereocenters. The van der Waals surface area contributed by atoms with Crippen LogP contribution >= 0.6 is 0 Å². The number of amides is 1. The number of carbonyl (C=O) groups excluding carboxylic acids is 1. The molecule has 0 spiro atoms. The Kier molecular flexibility index (Phi) is 5.67. The van der Waals surface area contributed by atoms with Crippen molar-refractivity contribution in [3.63, 3.8) is 0 Å². The molecule has 2 fully saturated rings. The number of carbonyl (C=O) groups is 1. The minimum Gasteiger partial charge on any atom is -0.352 e. The largest absolute Gasteiger partial charge is 0.416 e. The van der Waals surface area contributed by atoms with Crippen molar-refractivity contribution < 1.29 is 18.0 Å². The Labute approximate surface area is 146 Å². The zero-order chi connectivity index (χ0) is 17.9. The summed E-state index contributed by atoms with van der Waals surface area (Å²) in [4.78, 5) is 14.1. The SMILES string of the molecule is O=C(CN1CCCC(CCc2cccc(C(F)(F)F)c2)C1)NC1CC1. The molecule has 0 bridgehead atoms. The number of benzene rings is 1. The number of halogens is 3. The van der Waals surface area contributed by atoms with Crippen LogP contribution in [0.25, 0.3) is 0 Å². The molecule has 0 radical (unpaired) electrons. The highest BCUT2D eigenvalue weighted by Crippen LogP contribution is 2.30. The summed E-state index contributed by atoms with van der Waals surface area (Å²) in [6, 6.07) is 5.99. The van der Waals surface area contributed by atoms with Crippen LogP contribution in [0.1, 0.15) is 43.2 Å². The summed E-state index contributed by atoms with van der Waals surface area (Å²) in [5, 5.41) is 3.01. The van der Waals surface area contributed by atoms with Crippen LogP contribution in [0.4, 0.5) is 13.2 Å². The fourth-order valence-electron chi connectivity index (χ4n) is 3.51. The van der Waals surface area contributed by atoms with Crippen molar-refractivity contribution in [1.29, 1.82) is 0 Å². The summed E-state index contributed by atoms with van der Waals surface area (Å²) < 4.78 is 38.4. The van der Waals surface area contributed by atoms with E-state index in [-0.39, 0.29) is 5.91 Å². The van der Waals surface area contributed by atoms with E-state index in [2.05, 4.69) is 10.2 Å². The molecule has 2 aliphatic rings. The smallest absolute Gasteiger partial charge is 0.352 e. The normalized spacial score (nSPS) is 22.0. The first kappa shape index (κ1) is 18.2. The maximum absolute atomic E-state index is 12.8. The summed E-state index contributed by atoms with van der Waals surface area (Å²) in [5.41, 5.74) is 0.158. The van der Waals surface area contributed by atoms with Crippen LogP contribution in [0.2, 0.25) is 0 Å². The van der Waals surface area contributed by atoms with E-state index < -0.39 is 11.7 Å². The lowest BCUT2D eigenvalue weighted by atomic mass is 9.91. The fraction of sp³-hybridized carbons (Fsp3) is 0.632. The lowest BCUT2D eigenvalue weighted by molar-refractivity contribution is -0.137. The molecule has 1 unspecified atom stereocenters. The number of hydrogen-bond acceptors (Lipinski definition) is 2. The van der Waals surface area contributed by atoms with Gasteiger partial charge in [0.2, 0.25) is 5.91 Å². The first-order valence-corrected chi connectivity index (χ1v) is 9.08. The zero-order valence-corrected chi connectivity index (χ0v) is 14.3. The number of nitrogens with one attached hydrogen (secondary N) is 1. The highest BCUT2D eigenvalue weighted by Gasteiger charge is 2.30. The van der Waals surface area contributed by atoms with Gasteiger partial charge in [-0.25, -0.2) is 0 Å². The number of piperidine rings is 1. The highest BCUT2D eigenvalue weighted by atomic mass is 19.4. The average molecular weight is 354 g/mol. The van der Waals surface area contributed by atoms with Gasteiger partial charge in [-0.05, 0) is 62.6 Å². The van der Waals surface area contributed by atoms with Gasteiger partial charge in [0, 0.05) is 12.6 Å². The predicted octanol–water partition coefficient (Wildman–Crippen LogP) is 3.63. The van der Waals surface area contributed by atoms with E-state index in [4.69, 9.17) is 0 Å². The molecule has 3 nitrogen and oxygen atoms in total. The van der Waals surface area contributed by atoms with E-state index >= 15 is 0 Å². The van der Waals surface area contributed by atoms with E-state index in [1.165, 1.54) is 12.1 Å². The topological polar surface area (TPSA) is 32.3 Å². The van der Waals surface area contributed by atoms with Crippen molar-refractivity contribution in [2.75, 3.05) is 19.6 Å². The minimum atomic E-state index is -4.29. The van der Waals surface area contributed by atoms with Crippen LogP contribution in [0.3, 0.4) is 0 Å². The molecule has 6 heteroatoms. The van der Waals surface area contributed by atoms with E-state index in [1.54, 1.807) is 6.07 Å². The van der Waals surface area contributed by atoms with E-state index in [1.807, 2.05) is 0 Å². The number of rotatable bonds is 6. The summed E-state index contributed by atoms with van der Waals surface area (Å²) in [5.74, 6) is 0.540. The van der Waals surface area contributed by atoms with Crippen LogP contribution in [0, 0.1) is 5.92 Å². The van der Waals surface area contributed by atoms with Gasteiger partial charge in [0.15, 0.2) is 0 Å². The molecule has 1 heterocycles. The minimum absolute atomic E-state index is 0.0982. The molecule has 3 rings (SSSR count). The van der Waals surface area contributed by atoms with Gasteiger partial charge in [-0.15, -0.1) is 0 Å². The molecule has 1 saturated carbocycles. The van der Waals surface area contributed by atoms with Gasteiger partial charge >= 0.3 is 6.18 Å². The Morgan fingerprint density at radius 3 is 2.76 bits per heavy atom. The Hall–Kier alpha value is -1.56. The fourth-order valence-corrected chi connectivity index (χ4v) is 3.51. The third-order valence-electron chi connectivity index (χ3n) is 5.01. The molecular weight excluding hydrogens is 329 g/mol. The number of likely N-dealkylation sites (tertiary alicyclic amines) is 1. The van der Waals surface area contributed by atoms with Gasteiger partial charge in [-0.2, -0.15) is 13.2 Å². The summed E-state index contributed by atoms with van der Waals surface area (Å²) in [6.07, 6.45) is 1.53. The molecule has 1 amide bonds. The quantitative estimate of drug-likeness (QED) is 0.846. The lowest BCUT2D eigenvalue weighted by Crippen LogP contribution is -2.43. The van der Waals surface area contributed by atoms with E-state index in [0.717, 1.165) is 56.8 Å². The first-order chi connectivity index (χ1) is 11.9. The molecule has 25 heavy (non-hydrogen) atoms. The third-order valence-corrected chi connectivity index (χ3v) is 5.01. The molecule has 1 aromatic carbocycles. The number of alkyl halides is 3. The summed E-state index contributed by atoms with van der Waals surface area (Å²) in [6.45, 7) is 2.23. The second kappa shape index (κ2) is 7.77. The van der Waals surface area contributed by atoms with Crippen molar-refractivity contribution in [2.45, 2.75) is 50.7 Å². The third kappa shape index (κ3) is 5.73. The van der Waals surface area contributed by atoms with Gasteiger partial charge < -0.3 is 5.32 Å². The maximum atomic E-state index is 12.8. The molecule has 0 aromatic heterocycles. The van der Waals surface area contributed by atoms with Crippen molar-refractivity contribution in [2.24, 2.45) is 5.92 Å². The molecule has 1 aliphatic heterocycles. The van der Waals surface area contributed by atoms with Gasteiger partial charge in [-0.3, -0.25) is 9.69 Å². The van der Waals surface area contributed by atoms with Crippen LogP contribution < -0.4 is 5.32 Å². The monoisotopic (exact) mass is 354 g/mol. The Morgan fingerprint density at radius 2 is 2.04 bits per heavy atom.